The molecule has 0 atom stereocenters. The summed E-state index contributed by atoms with van der Waals surface area (Å²) in [7, 11) is 2.39. The van der Waals surface area contributed by atoms with Crippen molar-refractivity contribution in [2.75, 3.05) is 20.0 Å². The lowest BCUT2D eigenvalue weighted by Gasteiger charge is -2.10. The molecule has 0 amide bonds. The standard InChI is InChI=1S/C14H15ClN4O4/c1-22-13(20)10(14(21)23-2)6-9-7-19(18-17-9)12-5-8(16)3-4-11(12)15/h3-5,7,10H,6,16H2,1-2H3. The lowest BCUT2D eigenvalue weighted by atomic mass is 10.0. The van der Waals surface area contributed by atoms with Gasteiger partial charge in [-0.2, -0.15) is 0 Å². The summed E-state index contributed by atoms with van der Waals surface area (Å²) in [5.74, 6) is -2.51. The first-order chi connectivity index (χ1) is 11.0. The molecule has 0 aliphatic carbocycles. The van der Waals surface area contributed by atoms with Gasteiger partial charge in [0.15, 0.2) is 5.92 Å². The van der Waals surface area contributed by atoms with Gasteiger partial charge in [0, 0.05) is 12.1 Å². The molecular formula is C14H15ClN4O4. The Hall–Kier alpha value is -2.61. The molecule has 1 aromatic heterocycles. The average Bonchev–Trinajstić information content (AvgIpc) is 3.01. The second-order valence-corrected chi connectivity index (χ2v) is 5.08. The first kappa shape index (κ1) is 16.8. The zero-order chi connectivity index (χ0) is 17.0. The minimum absolute atomic E-state index is 0.000713. The number of hydrogen-bond acceptors (Lipinski definition) is 7. The van der Waals surface area contributed by atoms with Gasteiger partial charge in [0.2, 0.25) is 0 Å². The molecule has 2 N–H and O–H groups in total. The van der Waals surface area contributed by atoms with E-state index in [4.69, 9.17) is 17.3 Å². The zero-order valence-corrected chi connectivity index (χ0v) is 13.3. The number of benzene rings is 1. The Labute approximate surface area is 137 Å². The van der Waals surface area contributed by atoms with Crippen molar-refractivity contribution in [3.63, 3.8) is 0 Å². The third-order valence-corrected chi connectivity index (χ3v) is 3.46. The van der Waals surface area contributed by atoms with Crippen LogP contribution in [-0.4, -0.2) is 41.2 Å². The van der Waals surface area contributed by atoms with Crippen molar-refractivity contribution in [2.45, 2.75) is 6.42 Å². The molecule has 9 heteroatoms. The molecule has 0 bridgehead atoms. The number of methoxy groups -OCH3 is 2. The Morgan fingerprint density at radius 3 is 2.57 bits per heavy atom. The van der Waals surface area contributed by atoms with Gasteiger partial charge in [0.25, 0.3) is 0 Å². The molecule has 0 radical (unpaired) electrons. The van der Waals surface area contributed by atoms with Gasteiger partial charge < -0.3 is 15.2 Å². The van der Waals surface area contributed by atoms with Gasteiger partial charge in [0.05, 0.1) is 36.8 Å². The van der Waals surface area contributed by atoms with Gasteiger partial charge in [-0.1, -0.05) is 16.8 Å². The third-order valence-electron chi connectivity index (χ3n) is 3.14. The van der Waals surface area contributed by atoms with Crippen molar-refractivity contribution in [2.24, 2.45) is 5.92 Å². The van der Waals surface area contributed by atoms with E-state index in [1.54, 1.807) is 24.4 Å². The minimum atomic E-state index is -1.11. The zero-order valence-electron chi connectivity index (χ0n) is 12.5. The molecule has 2 aromatic rings. The second-order valence-electron chi connectivity index (χ2n) is 4.67. The number of anilines is 1. The summed E-state index contributed by atoms with van der Waals surface area (Å²) in [4.78, 5) is 23.4. The maximum absolute atomic E-state index is 11.7. The van der Waals surface area contributed by atoms with E-state index in [2.05, 4.69) is 19.8 Å². The van der Waals surface area contributed by atoms with Gasteiger partial charge >= 0.3 is 11.9 Å². The van der Waals surface area contributed by atoms with Crippen LogP contribution in [-0.2, 0) is 25.5 Å². The van der Waals surface area contributed by atoms with Crippen molar-refractivity contribution in [3.8, 4) is 5.69 Å². The molecule has 2 rings (SSSR count). The van der Waals surface area contributed by atoms with Crippen LogP contribution in [0.15, 0.2) is 24.4 Å². The van der Waals surface area contributed by atoms with Crippen LogP contribution in [0, 0.1) is 5.92 Å². The Morgan fingerprint density at radius 1 is 1.30 bits per heavy atom. The van der Waals surface area contributed by atoms with E-state index in [-0.39, 0.29) is 6.42 Å². The fourth-order valence-corrected chi connectivity index (χ4v) is 2.18. The number of ether oxygens (including phenoxy) is 2. The molecule has 0 aliphatic heterocycles. The molecule has 0 saturated heterocycles. The highest BCUT2D eigenvalue weighted by molar-refractivity contribution is 6.32. The number of carbonyl (C=O) groups excluding carboxylic acids is 2. The van der Waals surface area contributed by atoms with Gasteiger partial charge in [-0.25, -0.2) is 4.68 Å². The highest BCUT2D eigenvalue weighted by Crippen LogP contribution is 2.22. The molecule has 0 unspecified atom stereocenters. The summed E-state index contributed by atoms with van der Waals surface area (Å²) >= 11 is 6.10. The number of nitrogen functional groups attached to an aromatic ring is 1. The van der Waals surface area contributed by atoms with E-state index in [9.17, 15) is 9.59 Å². The molecule has 1 aromatic carbocycles. The Kier molecular flexibility index (Phi) is 5.17. The molecule has 122 valence electrons. The number of esters is 2. The number of aromatic nitrogens is 3. The fraction of sp³-hybridized carbons (Fsp3) is 0.286. The summed E-state index contributed by atoms with van der Waals surface area (Å²) in [6.07, 6.45) is 1.55. The lowest BCUT2D eigenvalue weighted by Crippen LogP contribution is -2.28. The molecule has 8 nitrogen and oxygen atoms in total. The van der Waals surface area contributed by atoms with Gasteiger partial charge in [-0.3, -0.25) is 9.59 Å². The lowest BCUT2D eigenvalue weighted by molar-refractivity contribution is -0.158. The molecule has 0 saturated carbocycles. The molecule has 1 heterocycles. The number of halogens is 1. The molecule has 0 spiro atoms. The van der Waals surface area contributed by atoms with Crippen LogP contribution in [0.25, 0.3) is 5.69 Å². The Bertz CT molecular complexity index is 715. The maximum Gasteiger partial charge on any atom is 0.320 e. The van der Waals surface area contributed by atoms with Crippen molar-refractivity contribution in [1.29, 1.82) is 0 Å². The number of carbonyl (C=O) groups is 2. The molecule has 0 fully saturated rings. The summed E-state index contributed by atoms with van der Waals surface area (Å²) in [6, 6.07) is 4.94. The van der Waals surface area contributed by atoms with E-state index in [1.807, 2.05) is 0 Å². The summed E-state index contributed by atoms with van der Waals surface area (Å²) in [6.45, 7) is 0. The van der Waals surface area contributed by atoms with Crippen molar-refractivity contribution >= 4 is 29.2 Å². The van der Waals surface area contributed by atoms with Crippen LogP contribution < -0.4 is 5.73 Å². The topological polar surface area (TPSA) is 109 Å². The second kappa shape index (κ2) is 7.10. The first-order valence-electron chi connectivity index (χ1n) is 6.58. The summed E-state index contributed by atoms with van der Waals surface area (Å²) in [5, 5.41) is 8.31. The third kappa shape index (κ3) is 3.78. The predicted molar refractivity (Wildman–Crippen MR) is 82.0 cm³/mol. The maximum atomic E-state index is 11.7. The largest absolute Gasteiger partial charge is 0.468 e. The number of nitrogens with zero attached hydrogens (tertiary/aromatic N) is 3. The first-order valence-corrected chi connectivity index (χ1v) is 6.96. The van der Waals surface area contributed by atoms with Gasteiger partial charge in [-0.15, -0.1) is 5.10 Å². The fourth-order valence-electron chi connectivity index (χ4n) is 1.97. The van der Waals surface area contributed by atoms with E-state index >= 15 is 0 Å². The molecular weight excluding hydrogens is 324 g/mol. The monoisotopic (exact) mass is 338 g/mol. The van der Waals surface area contributed by atoms with Crippen molar-refractivity contribution in [3.05, 3.63) is 35.1 Å². The average molecular weight is 339 g/mol. The van der Waals surface area contributed by atoms with E-state index < -0.39 is 17.9 Å². The smallest absolute Gasteiger partial charge is 0.320 e. The SMILES string of the molecule is COC(=O)C(Cc1cn(-c2cc(N)ccc2Cl)nn1)C(=O)OC. The van der Waals surface area contributed by atoms with Crippen LogP contribution >= 0.6 is 11.6 Å². The van der Waals surface area contributed by atoms with Crippen molar-refractivity contribution < 1.29 is 19.1 Å². The number of rotatable bonds is 5. The van der Waals surface area contributed by atoms with Crippen LogP contribution in [0.1, 0.15) is 5.69 Å². The number of hydrogen-bond donors (Lipinski definition) is 1. The minimum Gasteiger partial charge on any atom is -0.468 e. The van der Waals surface area contributed by atoms with Gasteiger partial charge in [0.1, 0.15) is 0 Å². The Morgan fingerprint density at radius 2 is 1.96 bits per heavy atom. The van der Waals surface area contributed by atoms with E-state index in [0.29, 0.717) is 22.1 Å². The van der Waals surface area contributed by atoms with Crippen LogP contribution in [0.5, 0.6) is 0 Å². The molecule has 23 heavy (non-hydrogen) atoms. The van der Waals surface area contributed by atoms with Crippen LogP contribution in [0.4, 0.5) is 5.69 Å². The quantitative estimate of drug-likeness (QED) is 0.492. The summed E-state index contributed by atoms with van der Waals surface area (Å²) < 4.78 is 10.6. The van der Waals surface area contributed by atoms with E-state index in [0.717, 1.165) is 0 Å². The Balaban J connectivity index is 2.26. The molecule has 0 aliphatic rings. The van der Waals surface area contributed by atoms with E-state index in [1.165, 1.54) is 18.9 Å². The highest BCUT2D eigenvalue weighted by atomic mass is 35.5. The number of nitrogens with two attached hydrogens (primary N) is 1. The van der Waals surface area contributed by atoms with Crippen LogP contribution in [0.3, 0.4) is 0 Å². The van der Waals surface area contributed by atoms with Crippen LogP contribution in [0.2, 0.25) is 5.02 Å². The van der Waals surface area contributed by atoms with Gasteiger partial charge in [-0.05, 0) is 18.2 Å². The predicted octanol–water partition coefficient (Wildman–Crippen LogP) is 1.01. The normalized spacial score (nSPS) is 10.6. The highest BCUT2D eigenvalue weighted by Gasteiger charge is 2.30. The van der Waals surface area contributed by atoms with Crippen molar-refractivity contribution in [1.82, 2.24) is 15.0 Å². The summed E-state index contributed by atoms with van der Waals surface area (Å²) in [5.41, 5.74) is 7.19.